The molecule has 0 aliphatic carbocycles. The molecule has 0 radical (unpaired) electrons. The molecule has 23 heavy (non-hydrogen) atoms. The Morgan fingerprint density at radius 3 is 2.00 bits per heavy atom. The van der Waals surface area contributed by atoms with Crippen molar-refractivity contribution in [2.75, 3.05) is 19.6 Å². The molecule has 1 aliphatic heterocycles. The van der Waals surface area contributed by atoms with Crippen molar-refractivity contribution in [1.29, 1.82) is 0 Å². The Labute approximate surface area is 144 Å². The van der Waals surface area contributed by atoms with Crippen LogP contribution in [0.1, 0.15) is 77.3 Å². The minimum Gasteiger partial charge on any atom is -0.303 e. The second-order valence-corrected chi connectivity index (χ2v) is 7.71. The van der Waals surface area contributed by atoms with E-state index in [2.05, 4.69) is 56.9 Å². The van der Waals surface area contributed by atoms with Crippen molar-refractivity contribution in [1.82, 2.24) is 4.90 Å². The number of hydrogen-bond acceptors (Lipinski definition) is 1. The molecule has 0 aromatic heterocycles. The first-order valence-corrected chi connectivity index (χ1v) is 9.95. The summed E-state index contributed by atoms with van der Waals surface area (Å²) in [5, 5.41) is 0. The van der Waals surface area contributed by atoms with Gasteiger partial charge in [-0.2, -0.15) is 0 Å². The second-order valence-electron chi connectivity index (χ2n) is 7.71. The topological polar surface area (TPSA) is 3.24 Å². The smallest absolute Gasteiger partial charge is 0.00102 e. The summed E-state index contributed by atoms with van der Waals surface area (Å²) in [5.41, 5.74) is 3.44. The molecule has 1 aromatic carbocycles. The highest BCUT2D eigenvalue weighted by Crippen LogP contribution is 2.35. The number of benzene rings is 1. The molecule has 2 rings (SSSR count). The van der Waals surface area contributed by atoms with Crippen LogP contribution in [-0.4, -0.2) is 24.5 Å². The quantitative estimate of drug-likeness (QED) is 0.584. The first-order chi connectivity index (χ1) is 11.1. The van der Waals surface area contributed by atoms with E-state index in [0.717, 1.165) is 5.92 Å². The molecule has 1 nitrogen and oxygen atoms in total. The normalized spacial score (nSPS) is 18.1. The molecule has 1 aromatic rings. The van der Waals surface area contributed by atoms with Gasteiger partial charge in [-0.1, -0.05) is 58.4 Å². The first kappa shape index (κ1) is 18.5. The van der Waals surface area contributed by atoms with E-state index in [1.165, 1.54) is 75.7 Å². The summed E-state index contributed by atoms with van der Waals surface area (Å²) in [6, 6.07) is 9.58. The second kappa shape index (κ2) is 8.87. The molecule has 1 heteroatoms. The van der Waals surface area contributed by atoms with Gasteiger partial charge >= 0.3 is 0 Å². The molecule has 0 amide bonds. The Kier molecular flexibility index (Phi) is 7.14. The van der Waals surface area contributed by atoms with Crippen LogP contribution in [0.15, 0.2) is 24.3 Å². The van der Waals surface area contributed by atoms with Gasteiger partial charge in [0.25, 0.3) is 0 Å². The summed E-state index contributed by atoms with van der Waals surface area (Å²) in [6.45, 7) is 13.3. The number of piperidine rings is 1. The maximum absolute atomic E-state index is 2.67. The molecule has 0 saturated carbocycles. The molecule has 1 heterocycles. The average Bonchev–Trinajstić information content (AvgIpc) is 2.59. The fourth-order valence-corrected chi connectivity index (χ4v) is 4.41. The van der Waals surface area contributed by atoms with Gasteiger partial charge in [0.15, 0.2) is 0 Å². The van der Waals surface area contributed by atoms with Crippen LogP contribution in [0.4, 0.5) is 0 Å². The molecule has 0 N–H and O–H groups in total. The largest absolute Gasteiger partial charge is 0.303 e. The van der Waals surface area contributed by atoms with E-state index in [-0.39, 0.29) is 0 Å². The third kappa shape index (κ3) is 4.83. The van der Waals surface area contributed by atoms with Crippen molar-refractivity contribution in [2.45, 2.75) is 78.1 Å². The van der Waals surface area contributed by atoms with E-state index in [1.54, 1.807) is 0 Å². The van der Waals surface area contributed by atoms with Gasteiger partial charge < -0.3 is 4.90 Å². The van der Waals surface area contributed by atoms with Crippen molar-refractivity contribution >= 4 is 0 Å². The monoisotopic (exact) mass is 315 g/mol. The highest BCUT2D eigenvalue weighted by Gasteiger charge is 2.25. The molecule has 1 saturated heterocycles. The van der Waals surface area contributed by atoms with E-state index in [4.69, 9.17) is 0 Å². The lowest BCUT2D eigenvalue weighted by Gasteiger charge is -2.31. The van der Waals surface area contributed by atoms with E-state index >= 15 is 0 Å². The summed E-state index contributed by atoms with van der Waals surface area (Å²) >= 11 is 0. The number of nitrogens with zero attached hydrogens (tertiary/aromatic N) is 1. The summed E-state index contributed by atoms with van der Waals surface area (Å²) in [5.74, 6) is 0.757. The average molecular weight is 316 g/mol. The van der Waals surface area contributed by atoms with Gasteiger partial charge in [0, 0.05) is 6.54 Å². The van der Waals surface area contributed by atoms with Crippen LogP contribution in [0, 0.1) is 5.92 Å². The lowest BCUT2D eigenvalue weighted by molar-refractivity contribution is 0.200. The molecule has 1 unspecified atom stereocenters. The van der Waals surface area contributed by atoms with Crippen molar-refractivity contribution < 1.29 is 0 Å². The van der Waals surface area contributed by atoms with Gasteiger partial charge in [0.05, 0.1) is 0 Å². The van der Waals surface area contributed by atoms with Crippen molar-refractivity contribution in [3.05, 3.63) is 35.4 Å². The summed E-state index contributed by atoms with van der Waals surface area (Å²) < 4.78 is 0. The van der Waals surface area contributed by atoms with E-state index in [0.29, 0.717) is 5.41 Å². The molecule has 1 atom stereocenters. The molecule has 1 fully saturated rings. The Morgan fingerprint density at radius 1 is 0.913 bits per heavy atom. The van der Waals surface area contributed by atoms with Crippen molar-refractivity contribution in [2.24, 2.45) is 5.92 Å². The molecule has 0 spiro atoms. The van der Waals surface area contributed by atoms with Crippen LogP contribution in [0.2, 0.25) is 0 Å². The molecule has 1 aliphatic rings. The first-order valence-electron chi connectivity index (χ1n) is 9.95. The van der Waals surface area contributed by atoms with Gasteiger partial charge in [-0.15, -0.1) is 0 Å². The fourth-order valence-electron chi connectivity index (χ4n) is 4.41. The lowest BCUT2D eigenvalue weighted by Crippen LogP contribution is -2.34. The summed E-state index contributed by atoms with van der Waals surface area (Å²) in [6.07, 6.45) is 9.16. The zero-order valence-corrected chi connectivity index (χ0v) is 15.9. The van der Waals surface area contributed by atoms with E-state index in [9.17, 15) is 0 Å². The summed E-state index contributed by atoms with van der Waals surface area (Å²) in [4.78, 5) is 2.67. The van der Waals surface area contributed by atoms with Crippen LogP contribution < -0.4 is 0 Å². The van der Waals surface area contributed by atoms with E-state index in [1.807, 2.05) is 0 Å². The zero-order chi connectivity index (χ0) is 16.7. The van der Waals surface area contributed by atoms with Crippen LogP contribution in [0.5, 0.6) is 0 Å². The third-order valence-electron chi connectivity index (χ3n) is 6.20. The van der Waals surface area contributed by atoms with Gasteiger partial charge in [-0.3, -0.25) is 0 Å². The van der Waals surface area contributed by atoms with Crippen LogP contribution in [0.25, 0.3) is 0 Å². The van der Waals surface area contributed by atoms with Crippen LogP contribution in [0.3, 0.4) is 0 Å². The Morgan fingerprint density at radius 2 is 1.48 bits per heavy atom. The molecular formula is C22H37N. The fraction of sp³-hybridized carbons (Fsp3) is 0.727. The van der Waals surface area contributed by atoms with Crippen LogP contribution >= 0.6 is 0 Å². The van der Waals surface area contributed by atoms with Crippen LogP contribution in [-0.2, 0) is 11.8 Å². The van der Waals surface area contributed by atoms with Gasteiger partial charge in [0.1, 0.15) is 0 Å². The predicted molar refractivity (Wildman–Crippen MR) is 102 cm³/mol. The van der Waals surface area contributed by atoms with E-state index < -0.39 is 0 Å². The molecular weight excluding hydrogens is 278 g/mol. The minimum absolute atomic E-state index is 0.387. The molecule has 130 valence electrons. The lowest BCUT2D eigenvalue weighted by atomic mass is 9.73. The van der Waals surface area contributed by atoms with Crippen molar-refractivity contribution in [3.8, 4) is 0 Å². The number of hydrogen-bond donors (Lipinski definition) is 0. The number of rotatable bonds is 8. The predicted octanol–water partition coefficient (Wildman–Crippen LogP) is 5.82. The Hall–Kier alpha value is -0.820. The highest BCUT2D eigenvalue weighted by atomic mass is 15.1. The highest BCUT2D eigenvalue weighted by molar-refractivity contribution is 5.29. The Bertz CT molecular complexity index is 429. The maximum atomic E-state index is 2.67. The van der Waals surface area contributed by atoms with Crippen molar-refractivity contribution in [3.63, 3.8) is 0 Å². The van der Waals surface area contributed by atoms with Gasteiger partial charge in [-0.05, 0) is 74.1 Å². The number of likely N-dealkylation sites (tertiary alicyclic amines) is 1. The standard InChI is InChI=1S/C22H37N/c1-5-22(6-2,7-3)21-13-11-20(12-14-21)17-19(4)18-23-15-9-8-10-16-23/h11-14,19H,5-10,15-18H2,1-4H3. The van der Waals surface area contributed by atoms with Gasteiger partial charge in [0.2, 0.25) is 0 Å². The SMILES string of the molecule is CCC(CC)(CC)c1ccc(CC(C)CN2CCCCC2)cc1. The Balaban J connectivity index is 1.93. The third-order valence-corrected chi connectivity index (χ3v) is 6.20. The summed E-state index contributed by atoms with van der Waals surface area (Å²) in [7, 11) is 0. The molecule has 0 bridgehead atoms. The zero-order valence-electron chi connectivity index (χ0n) is 15.9. The maximum Gasteiger partial charge on any atom is 0.00102 e. The van der Waals surface area contributed by atoms with Gasteiger partial charge in [-0.25, -0.2) is 0 Å². The minimum atomic E-state index is 0.387.